The number of aromatic nitrogens is 2. The van der Waals surface area contributed by atoms with Gasteiger partial charge < -0.3 is 0 Å². The number of anilines is 1. The minimum absolute atomic E-state index is 0.146. The van der Waals surface area contributed by atoms with Gasteiger partial charge in [-0.15, -0.1) is 0 Å². The summed E-state index contributed by atoms with van der Waals surface area (Å²) in [7, 11) is 0. The molecule has 0 aromatic carbocycles. The number of carbonyl (C=O) groups excluding carboxylic acids is 1. The molecule has 2 aromatic heterocycles. The number of pyridine rings is 1. The van der Waals surface area contributed by atoms with E-state index in [-0.39, 0.29) is 5.69 Å². The summed E-state index contributed by atoms with van der Waals surface area (Å²) in [6, 6.07) is 2.49. The first-order valence-electron chi connectivity index (χ1n) is 4.19. The molecule has 0 aliphatic heterocycles. The maximum absolute atomic E-state index is 12.6. The van der Waals surface area contributed by atoms with Crippen molar-refractivity contribution in [3.05, 3.63) is 39.8 Å². The molecule has 0 saturated carbocycles. The minimum Gasteiger partial charge on any atom is -0.296 e. The summed E-state index contributed by atoms with van der Waals surface area (Å²) < 4.78 is 13.4. The number of hydrogen-bond acceptors (Lipinski definition) is 4. The van der Waals surface area contributed by atoms with Gasteiger partial charge in [0.15, 0.2) is 5.13 Å². The monoisotopic (exact) mass is 301 g/mol. The van der Waals surface area contributed by atoms with Gasteiger partial charge in [0.25, 0.3) is 5.91 Å². The van der Waals surface area contributed by atoms with E-state index in [0.29, 0.717) is 5.13 Å². The molecule has 0 atom stereocenters. The van der Waals surface area contributed by atoms with E-state index < -0.39 is 11.7 Å². The average Bonchev–Trinajstić information content (AvgIpc) is 2.65. The third-order valence-electron chi connectivity index (χ3n) is 1.66. The minimum atomic E-state index is -0.478. The first kappa shape index (κ1) is 11.2. The lowest BCUT2D eigenvalue weighted by Gasteiger charge is -1.99. The van der Waals surface area contributed by atoms with Crippen molar-refractivity contribution >= 4 is 38.3 Å². The van der Waals surface area contributed by atoms with Gasteiger partial charge in [-0.05, 0) is 28.1 Å². The van der Waals surface area contributed by atoms with Crippen molar-refractivity contribution in [2.75, 3.05) is 5.32 Å². The molecule has 16 heavy (non-hydrogen) atoms. The number of rotatable bonds is 2. The zero-order valence-electron chi connectivity index (χ0n) is 7.78. The summed E-state index contributed by atoms with van der Waals surface area (Å²) in [6.45, 7) is 0. The molecular weight excluding hydrogens is 297 g/mol. The number of amides is 1. The van der Waals surface area contributed by atoms with Crippen LogP contribution in [0.25, 0.3) is 0 Å². The van der Waals surface area contributed by atoms with Gasteiger partial charge in [0.1, 0.15) is 11.5 Å². The third kappa shape index (κ3) is 2.61. The highest BCUT2D eigenvalue weighted by Crippen LogP contribution is 2.23. The Bertz CT molecular complexity index is 514. The molecule has 0 fully saturated rings. The van der Waals surface area contributed by atoms with Gasteiger partial charge in [0.05, 0.1) is 16.2 Å². The molecule has 2 rings (SSSR count). The summed E-state index contributed by atoms with van der Waals surface area (Å²) in [4.78, 5) is 19.2. The Kier molecular flexibility index (Phi) is 3.25. The summed E-state index contributed by atoms with van der Waals surface area (Å²) in [5, 5.41) is 3.01. The van der Waals surface area contributed by atoms with Gasteiger partial charge in [-0.1, -0.05) is 11.3 Å². The van der Waals surface area contributed by atoms with Crippen LogP contribution in [-0.4, -0.2) is 15.9 Å². The Labute approximate surface area is 103 Å². The van der Waals surface area contributed by atoms with Crippen LogP contribution in [-0.2, 0) is 0 Å². The summed E-state index contributed by atoms with van der Waals surface area (Å²) in [5.74, 6) is -0.893. The van der Waals surface area contributed by atoms with E-state index in [1.54, 1.807) is 6.20 Å². The van der Waals surface area contributed by atoms with Crippen molar-refractivity contribution in [3.8, 4) is 0 Å². The maximum atomic E-state index is 12.6. The van der Waals surface area contributed by atoms with E-state index in [1.807, 2.05) is 0 Å². The molecule has 7 heteroatoms. The maximum Gasteiger partial charge on any atom is 0.276 e. The number of halogens is 2. The molecule has 82 valence electrons. The van der Waals surface area contributed by atoms with Crippen LogP contribution >= 0.6 is 27.3 Å². The zero-order chi connectivity index (χ0) is 11.5. The second-order valence-corrected chi connectivity index (χ2v) is 5.20. The SMILES string of the molecule is O=C(Nc1ncc(Br)s1)c1ccc(F)cn1. The van der Waals surface area contributed by atoms with Crippen molar-refractivity contribution < 1.29 is 9.18 Å². The fourth-order valence-electron chi connectivity index (χ4n) is 0.984. The van der Waals surface area contributed by atoms with E-state index in [1.165, 1.54) is 23.5 Å². The molecule has 0 aliphatic carbocycles. The molecule has 1 amide bonds. The number of carbonyl (C=O) groups is 1. The fraction of sp³-hybridized carbons (Fsp3) is 0. The van der Waals surface area contributed by atoms with Crippen LogP contribution < -0.4 is 5.32 Å². The van der Waals surface area contributed by atoms with Crippen LogP contribution in [0.15, 0.2) is 28.3 Å². The molecule has 2 aromatic rings. The quantitative estimate of drug-likeness (QED) is 0.928. The Morgan fingerprint density at radius 3 is 2.75 bits per heavy atom. The van der Waals surface area contributed by atoms with E-state index >= 15 is 0 Å². The molecular formula is C9H5BrFN3OS. The van der Waals surface area contributed by atoms with Crippen molar-refractivity contribution in [1.29, 1.82) is 0 Å². The standard InChI is InChI=1S/C9H5BrFN3OS/c10-7-4-13-9(16-7)14-8(15)6-2-1-5(11)3-12-6/h1-4H,(H,13,14,15). The predicted molar refractivity (Wildman–Crippen MR) is 62.0 cm³/mol. The lowest BCUT2D eigenvalue weighted by atomic mass is 10.3. The van der Waals surface area contributed by atoms with Crippen molar-refractivity contribution in [2.24, 2.45) is 0 Å². The van der Waals surface area contributed by atoms with Crippen LogP contribution in [0.5, 0.6) is 0 Å². The Balaban J connectivity index is 2.11. The molecule has 0 bridgehead atoms. The van der Waals surface area contributed by atoms with E-state index in [0.717, 1.165) is 9.98 Å². The highest BCUT2D eigenvalue weighted by Gasteiger charge is 2.09. The smallest absolute Gasteiger partial charge is 0.276 e. The molecule has 4 nitrogen and oxygen atoms in total. The lowest BCUT2D eigenvalue weighted by Crippen LogP contribution is -2.13. The Morgan fingerprint density at radius 1 is 1.38 bits per heavy atom. The topological polar surface area (TPSA) is 54.9 Å². The number of thiazole rings is 1. The van der Waals surface area contributed by atoms with Gasteiger partial charge in [-0.2, -0.15) is 0 Å². The largest absolute Gasteiger partial charge is 0.296 e. The summed E-state index contributed by atoms with van der Waals surface area (Å²) in [6.07, 6.45) is 2.57. The normalized spacial score (nSPS) is 10.1. The van der Waals surface area contributed by atoms with Gasteiger partial charge in [-0.25, -0.2) is 14.4 Å². The van der Waals surface area contributed by atoms with E-state index in [4.69, 9.17) is 0 Å². The molecule has 0 spiro atoms. The molecule has 0 unspecified atom stereocenters. The number of hydrogen-bond donors (Lipinski definition) is 1. The first-order chi connectivity index (χ1) is 7.65. The third-order valence-corrected chi connectivity index (χ3v) is 3.05. The van der Waals surface area contributed by atoms with Crippen LogP contribution in [0.2, 0.25) is 0 Å². The molecule has 1 N–H and O–H groups in total. The number of nitrogens with zero attached hydrogens (tertiary/aromatic N) is 2. The number of nitrogens with one attached hydrogen (secondary N) is 1. The Morgan fingerprint density at radius 2 is 2.19 bits per heavy atom. The average molecular weight is 302 g/mol. The van der Waals surface area contributed by atoms with Crippen LogP contribution in [0.4, 0.5) is 9.52 Å². The summed E-state index contributed by atoms with van der Waals surface area (Å²) >= 11 is 4.51. The van der Waals surface area contributed by atoms with Crippen molar-refractivity contribution in [3.63, 3.8) is 0 Å². The van der Waals surface area contributed by atoms with E-state index in [9.17, 15) is 9.18 Å². The lowest BCUT2D eigenvalue weighted by molar-refractivity contribution is 0.102. The molecule has 0 aliphatic rings. The highest BCUT2D eigenvalue weighted by atomic mass is 79.9. The van der Waals surface area contributed by atoms with Gasteiger partial charge in [0, 0.05) is 0 Å². The molecule has 2 heterocycles. The highest BCUT2D eigenvalue weighted by molar-refractivity contribution is 9.11. The van der Waals surface area contributed by atoms with Crippen LogP contribution in [0, 0.1) is 5.82 Å². The van der Waals surface area contributed by atoms with Crippen LogP contribution in [0.3, 0.4) is 0 Å². The second-order valence-electron chi connectivity index (χ2n) is 2.79. The van der Waals surface area contributed by atoms with Crippen molar-refractivity contribution in [2.45, 2.75) is 0 Å². The first-order valence-corrected chi connectivity index (χ1v) is 5.80. The fourth-order valence-corrected chi connectivity index (χ4v) is 2.09. The van der Waals surface area contributed by atoms with Crippen molar-refractivity contribution in [1.82, 2.24) is 9.97 Å². The zero-order valence-corrected chi connectivity index (χ0v) is 10.2. The van der Waals surface area contributed by atoms with E-state index in [2.05, 4.69) is 31.2 Å². The molecule has 0 radical (unpaired) electrons. The van der Waals surface area contributed by atoms with Gasteiger partial charge in [-0.3, -0.25) is 10.1 Å². The summed E-state index contributed by atoms with van der Waals surface area (Å²) in [5.41, 5.74) is 0.146. The van der Waals surface area contributed by atoms with Gasteiger partial charge in [0.2, 0.25) is 0 Å². The second kappa shape index (κ2) is 4.67. The Hall–Kier alpha value is -1.34. The predicted octanol–water partition coefficient (Wildman–Crippen LogP) is 2.69. The molecule has 0 saturated heterocycles. The van der Waals surface area contributed by atoms with Gasteiger partial charge >= 0.3 is 0 Å². The van der Waals surface area contributed by atoms with Crippen LogP contribution in [0.1, 0.15) is 10.5 Å².